The van der Waals surface area contributed by atoms with Crippen LogP contribution in [-0.2, 0) is 23.3 Å². The highest BCUT2D eigenvalue weighted by atomic mass is 35.5. The number of likely N-dealkylation sites (tertiary alicyclic amines) is 1. The molecule has 1 aliphatic heterocycles. The third kappa shape index (κ3) is 6.29. The summed E-state index contributed by atoms with van der Waals surface area (Å²) in [6, 6.07) is 5.67. The lowest BCUT2D eigenvalue weighted by atomic mass is 10.1. The normalized spacial score (nSPS) is 16.6. The summed E-state index contributed by atoms with van der Waals surface area (Å²) in [5, 5.41) is 8.86. The SMILES string of the molecule is C[C@@H](NC(=O)c1cn(COCC[Si](C)(C)C)c2ncc(-c3nn(C)c4cc(Cl)ccc34)nc12)C(=O)N1CC[C@@H](F)C1. The second-order valence-corrected chi connectivity index (χ2v) is 17.8. The predicted octanol–water partition coefficient (Wildman–Crippen LogP) is 4.64. The third-order valence-corrected chi connectivity index (χ3v) is 9.19. The largest absolute Gasteiger partial charge is 0.361 e. The first-order valence-electron chi connectivity index (χ1n) is 13.7. The van der Waals surface area contributed by atoms with Crippen molar-refractivity contribution in [3.8, 4) is 11.4 Å². The summed E-state index contributed by atoms with van der Waals surface area (Å²) in [6.07, 6.45) is 2.56. The molecule has 3 aromatic heterocycles. The van der Waals surface area contributed by atoms with Gasteiger partial charge < -0.3 is 19.5 Å². The average molecular weight is 600 g/mol. The number of aromatic nitrogens is 5. The van der Waals surface area contributed by atoms with Crippen molar-refractivity contribution in [1.82, 2.24) is 34.5 Å². The molecule has 0 bridgehead atoms. The fraction of sp³-hybridized carbons (Fsp3) is 0.464. The first-order valence-corrected chi connectivity index (χ1v) is 17.8. The molecule has 10 nitrogen and oxygen atoms in total. The highest BCUT2D eigenvalue weighted by Gasteiger charge is 2.30. The summed E-state index contributed by atoms with van der Waals surface area (Å²) < 4.78 is 23.1. The number of hydrogen-bond acceptors (Lipinski definition) is 6. The summed E-state index contributed by atoms with van der Waals surface area (Å²) in [4.78, 5) is 37.3. The molecule has 0 radical (unpaired) electrons. The number of fused-ring (bicyclic) bond motifs is 2. The number of carbonyl (C=O) groups excluding carboxylic acids is 2. The molecule has 5 rings (SSSR count). The van der Waals surface area contributed by atoms with E-state index in [1.54, 1.807) is 34.6 Å². The van der Waals surface area contributed by atoms with Gasteiger partial charge in [-0.15, -0.1) is 0 Å². The van der Waals surface area contributed by atoms with Gasteiger partial charge in [-0.1, -0.05) is 31.2 Å². The monoisotopic (exact) mass is 599 g/mol. The summed E-state index contributed by atoms with van der Waals surface area (Å²) in [5.74, 6) is -0.792. The molecule has 1 aliphatic rings. The van der Waals surface area contributed by atoms with Crippen LogP contribution in [0.2, 0.25) is 30.7 Å². The number of nitrogens with one attached hydrogen (secondary N) is 1. The van der Waals surface area contributed by atoms with Crippen molar-refractivity contribution in [3.05, 3.63) is 41.2 Å². The molecular formula is C28H35ClFN7O3Si. The van der Waals surface area contributed by atoms with Crippen molar-refractivity contribution in [1.29, 1.82) is 0 Å². The Hall–Kier alpha value is -3.35. The molecule has 218 valence electrons. The second-order valence-electron chi connectivity index (χ2n) is 11.8. The topological polar surface area (TPSA) is 107 Å². The summed E-state index contributed by atoms with van der Waals surface area (Å²) >= 11 is 6.20. The molecule has 1 saturated heterocycles. The number of nitrogens with zero attached hydrogens (tertiary/aromatic N) is 6. The van der Waals surface area contributed by atoms with Crippen molar-refractivity contribution in [2.75, 3.05) is 19.7 Å². The zero-order valence-electron chi connectivity index (χ0n) is 23.9. The van der Waals surface area contributed by atoms with Crippen LogP contribution in [0.4, 0.5) is 4.39 Å². The smallest absolute Gasteiger partial charge is 0.255 e. The Balaban J connectivity index is 1.48. The molecule has 41 heavy (non-hydrogen) atoms. The molecule has 13 heteroatoms. The Bertz CT molecular complexity index is 1620. The van der Waals surface area contributed by atoms with E-state index in [0.717, 1.165) is 16.9 Å². The number of benzene rings is 1. The van der Waals surface area contributed by atoms with Gasteiger partial charge in [-0.25, -0.2) is 14.4 Å². The van der Waals surface area contributed by atoms with E-state index < -0.39 is 26.2 Å². The fourth-order valence-electron chi connectivity index (χ4n) is 4.92. The van der Waals surface area contributed by atoms with Gasteiger partial charge in [0.25, 0.3) is 5.91 Å². The van der Waals surface area contributed by atoms with Gasteiger partial charge in [-0.05, 0) is 37.6 Å². The van der Waals surface area contributed by atoms with E-state index in [0.29, 0.717) is 47.1 Å². The standard InChI is InChI=1S/C28H35ClFN7O3Si/c1-17(28(39)36-9-8-19(30)14-36)32-27(38)21-15-37(16-40-10-11-41(3,4)5)26-25(21)33-22(13-31-26)24-20-7-6-18(29)12-23(20)35(2)34-24/h6-7,12-13,15,17,19H,8-11,14,16H2,1-5H3,(H,32,38)/t17-,19-/m1/s1. The van der Waals surface area contributed by atoms with Gasteiger partial charge in [0, 0.05) is 44.9 Å². The Morgan fingerprint density at radius 3 is 2.78 bits per heavy atom. The van der Waals surface area contributed by atoms with Crippen molar-refractivity contribution < 1.29 is 18.7 Å². The van der Waals surface area contributed by atoms with E-state index >= 15 is 0 Å². The van der Waals surface area contributed by atoms with E-state index in [1.807, 2.05) is 19.2 Å². The molecule has 0 saturated carbocycles. The predicted molar refractivity (Wildman–Crippen MR) is 159 cm³/mol. The van der Waals surface area contributed by atoms with Crippen molar-refractivity contribution in [3.63, 3.8) is 0 Å². The number of rotatable bonds is 9. The number of ether oxygens (including phenoxy) is 1. The molecule has 1 fully saturated rings. The van der Waals surface area contributed by atoms with Gasteiger partial charge in [0.2, 0.25) is 5.91 Å². The van der Waals surface area contributed by atoms with Gasteiger partial charge in [-0.2, -0.15) is 5.10 Å². The van der Waals surface area contributed by atoms with Crippen LogP contribution in [0.25, 0.3) is 33.5 Å². The number of hydrogen-bond donors (Lipinski definition) is 1. The first kappa shape index (κ1) is 29.1. The van der Waals surface area contributed by atoms with Crippen LogP contribution < -0.4 is 5.32 Å². The highest BCUT2D eigenvalue weighted by molar-refractivity contribution is 6.76. The summed E-state index contributed by atoms with van der Waals surface area (Å²) in [7, 11) is 0.546. The molecule has 0 aliphatic carbocycles. The molecule has 4 aromatic rings. The van der Waals surface area contributed by atoms with E-state index in [4.69, 9.17) is 21.3 Å². The van der Waals surface area contributed by atoms with Gasteiger partial charge in [0.05, 0.1) is 23.8 Å². The van der Waals surface area contributed by atoms with Crippen molar-refractivity contribution >= 4 is 53.6 Å². The minimum Gasteiger partial charge on any atom is -0.361 e. The Morgan fingerprint density at radius 2 is 2.07 bits per heavy atom. The minimum absolute atomic E-state index is 0.0468. The van der Waals surface area contributed by atoms with Crippen LogP contribution in [-0.4, -0.2) is 81.0 Å². The number of halogens is 2. The Morgan fingerprint density at radius 1 is 1.29 bits per heavy atom. The van der Waals surface area contributed by atoms with Gasteiger partial charge in [-0.3, -0.25) is 14.3 Å². The van der Waals surface area contributed by atoms with Gasteiger partial charge in [0.1, 0.15) is 35.8 Å². The zero-order valence-corrected chi connectivity index (χ0v) is 25.7. The van der Waals surface area contributed by atoms with E-state index in [2.05, 4.69) is 35.0 Å². The number of aryl methyl sites for hydroxylation is 1. The molecule has 1 aromatic carbocycles. The number of carbonyl (C=O) groups is 2. The van der Waals surface area contributed by atoms with Crippen LogP contribution in [0.1, 0.15) is 23.7 Å². The molecule has 2 atom stereocenters. The quantitative estimate of drug-likeness (QED) is 0.222. The maximum atomic E-state index is 13.7. The molecule has 1 N–H and O–H groups in total. The lowest BCUT2D eigenvalue weighted by Crippen LogP contribution is -2.46. The van der Waals surface area contributed by atoms with Crippen LogP contribution in [0.3, 0.4) is 0 Å². The van der Waals surface area contributed by atoms with Crippen molar-refractivity contribution in [2.45, 2.75) is 58.0 Å². The summed E-state index contributed by atoms with van der Waals surface area (Å²) in [5.41, 5.74) is 3.05. The van der Waals surface area contributed by atoms with E-state index in [9.17, 15) is 14.0 Å². The Kier molecular flexibility index (Phi) is 8.17. The maximum absolute atomic E-state index is 13.7. The van der Waals surface area contributed by atoms with Gasteiger partial charge in [0.15, 0.2) is 5.65 Å². The van der Waals surface area contributed by atoms with Crippen LogP contribution in [0, 0.1) is 0 Å². The molecular weight excluding hydrogens is 565 g/mol. The Labute approximate surface area is 243 Å². The lowest BCUT2D eigenvalue weighted by Gasteiger charge is -2.20. The van der Waals surface area contributed by atoms with Crippen LogP contribution in [0.5, 0.6) is 0 Å². The van der Waals surface area contributed by atoms with Crippen LogP contribution >= 0.6 is 11.6 Å². The van der Waals surface area contributed by atoms with Crippen molar-refractivity contribution in [2.24, 2.45) is 7.05 Å². The number of alkyl halides is 1. The molecule has 0 spiro atoms. The lowest BCUT2D eigenvalue weighted by molar-refractivity contribution is -0.131. The third-order valence-electron chi connectivity index (χ3n) is 7.25. The molecule has 0 unspecified atom stereocenters. The summed E-state index contributed by atoms with van der Waals surface area (Å²) in [6.45, 7) is 9.64. The van der Waals surface area contributed by atoms with E-state index in [1.165, 1.54) is 4.90 Å². The van der Waals surface area contributed by atoms with E-state index in [-0.39, 0.29) is 24.7 Å². The average Bonchev–Trinajstić information content (AvgIpc) is 3.60. The second kappa shape index (κ2) is 11.5. The number of amides is 2. The minimum atomic E-state index is -1.28. The highest BCUT2D eigenvalue weighted by Crippen LogP contribution is 2.30. The van der Waals surface area contributed by atoms with Gasteiger partial charge >= 0.3 is 0 Å². The molecule has 4 heterocycles. The maximum Gasteiger partial charge on any atom is 0.255 e. The first-order chi connectivity index (χ1) is 19.4. The fourth-order valence-corrected chi connectivity index (χ4v) is 5.84. The zero-order chi connectivity index (χ0) is 29.5. The molecule has 2 amide bonds. The van der Waals surface area contributed by atoms with Crippen LogP contribution in [0.15, 0.2) is 30.6 Å².